The Kier molecular flexibility index (Phi) is 5.99. The molecule has 2 N–H and O–H groups in total. The lowest BCUT2D eigenvalue weighted by Gasteiger charge is -2.24. The number of benzene rings is 1. The van der Waals surface area contributed by atoms with Crippen LogP contribution in [0.25, 0.3) is 11.0 Å². The maximum atomic E-state index is 12.4. The summed E-state index contributed by atoms with van der Waals surface area (Å²) in [7, 11) is 1.63. The van der Waals surface area contributed by atoms with Crippen molar-refractivity contribution in [3.05, 3.63) is 22.4 Å². The van der Waals surface area contributed by atoms with Gasteiger partial charge >= 0.3 is 6.09 Å². The highest BCUT2D eigenvalue weighted by Crippen LogP contribution is 2.34. The smallest absolute Gasteiger partial charge is 0.408 e. The van der Waals surface area contributed by atoms with Crippen LogP contribution in [-0.2, 0) is 4.74 Å². The lowest BCUT2D eigenvalue weighted by atomic mass is 9.98. The first-order chi connectivity index (χ1) is 12.7. The second-order valence-electron chi connectivity index (χ2n) is 8.21. The molecule has 1 atom stereocenters. The number of carbonyl (C=O) groups is 1. The van der Waals surface area contributed by atoms with Crippen molar-refractivity contribution in [1.29, 1.82) is 0 Å². The highest BCUT2D eigenvalue weighted by Gasteiger charge is 2.27. The minimum Gasteiger partial charge on any atom is -0.495 e. The minimum absolute atomic E-state index is 0.208. The second-order valence-corrected chi connectivity index (χ2v) is 9.07. The number of H-pyrrole nitrogens is 1. The van der Waals surface area contributed by atoms with Gasteiger partial charge in [-0.1, -0.05) is 25.7 Å². The number of nitrogens with zero attached hydrogens (tertiary/aromatic N) is 1. The van der Waals surface area contributed by atoms with Crippen molar-refractivity contribution in [1.82, 2.24) is 15.3 Å². The lowest BCUT2D eigenvalue weighted by molar-refractivity contribution is 0.0494. The number of fused-ring (bicyclic) bond motifs is 1. The molecule has 1 aromatic heterocycles. The minimum atomic E-state index is -0.534. The molecule has 6 nitrogen and oxygen atoms in total. The molecule has 0 saturated heterocycles. The molecule has 3 rings (SSSR count). The molecule has 1 unspecified atom stereocenters. The van der Waals surface area contributed by atoms with Gasteiger partial charge in [0.25, 0.3) is 0 Å². The number of alkyl carbamates (subject to hydrolysis) is 1. The quantitative estimate of drug-likeness (QED) is 0.648. The summed E-state index contributed by atoms with van der Waals surface area (Å²) >= 11 is 3.51. The SMILES string of the molecule is COc1cc2nc(C(CC3CCCC3)NC(=O)OC(C)(C)C)[nH]c2cc1Br. The van der Waals surface area contributed by atoms with E-state index < -0.39 is 11.7 Å². The number of hydrogen-bond donors (Lipinski definition) is 2. The molecular weight excluding hydrogens is 410 g/mol. The molecule has 1 heterocycles. The predicted octanol–water partition coefficient (Wildman–Crippen LogP) is 5.48. The van der Waals surface area contributed by atoms with Crippen LogP contribution in [0.4, 0.5) is 4.79 Å². The number of nitrogens with one attached hydrogen (secondary N) is 2. The first-order valence-electron chi connectivity index (χ1n) is 9.48. The van der Waals surface area contributed by atoms with E-state index in [0.717, 1.165) is 33.5 Å². The number of imidazole rings is 1. The number of halogens is 1. The molecule has 0 spiro atoms. The van der Waals surface area contributed by atoms with E-state index >= 15 is 0 Å². The third kappa shape index (κ3) is 5.15. The Morgan fingerprint density at radius 2 is 2.07 bits per heavy atom. The summed E-state index contributed by atoms with van der Waals surface area (Å²) in [5, 5.41) is 3.02. The Morgan fingerprint density at radius 3 is 2.70 bits per heavy atom. The number of methoxy groups -OCH3 is 1. The van der Waals surface area contributed by atoms with Gasteiger partial charge in [0.15, 0.2) is 0 Å². The van der Waals surface area contributed by atoms with Crippen LogP contribution in [0.3, 0.4) is 0 Å². The van der Waals surface area contributed by atoms with Crippen molar-refractivity contribution >= 4 is 33.1 Å². The maximum absolute atomic E-state index is 12.4. The van der Waals surface area contributed by atoms with Gasteiger partial charge in [-0.2, -0.15) is 0 Å². The fourth-order valence-electron chi connectivity index (χ4n) is 3.62. The summed E-state index contributed by atoms with van der Waals surface area (Å²) in [5.41, 5.74) is 1.18. The number of rotatable bonds is 5. The third-order valence-corrected chi connectivity index (χ3v) is 5.46. The number of carbonyl (C=O) groups excluding carboxylic acids is 1. The van der Waals surface area contributed by atoms with Crippen LogP contribution in [0.5, 0.6) is 5.75 Å². The lowest BCUT2D eigenvalue weighted by Crippen LogP contribution is -2.36. The van der Waals surface area contributed by atoms with Crippen molar-refractivity contribution in [3.8, 4) is 5.75 Å². The summed E-state index contributed by atoms with van der Waals surface area (Å²) in [6, 6.07) is 3.63. The van der Waals surface area contributed by atoms with E-state index in [1.807, 2.05) is 32.9 Å². The Labute approximate surface area is 168 Å². The van der Waals surface area contributed by atoms with Gasteiger partial charge in [0, 0.05) is 6.07 Å². The summed E-state index contributed by atoms with van der Waals surface area (Å²) in [6.45, 7) is 5.59. The highest BCUT2D eigenvalue weighted by molar-refractivity contribution is 9.10. The van der Waals surface area contributed by atoms with Crippen molar-refractivity contribution in [2.75, 3.05) is 7.11 Å². The number of ether oxygens (including phenoxy) is 2. The average molecular weight is 438 g/mol. The standard InChI is InChI=1S/C20H28BrN3O3/c1-20(2,3)27-19(25)24-16(9-12-7-5-6-8-12)18-22-14-10-13(21)17(26-4)11-15(14)23-18/h10-12,16H,5-9H2,1-4H3,(H,22,23)(H,24,25). The third-order valence-electron chi connectivity index (χ3n) is 4.84. The van der Waals surface area contributed by atoms with Gasteiger partial charge < -0.3 is 19.8 Å². The van der Waals surface area contributed by atoms with Crippen LogP contribution >= 0.6 is 15.9 Å². The molecule has 1 saturated carbocycles. The van der Waals surface area contributed by atoms with Crippen LogP contribution in [0.1, 0.15) is 64.7 Å². The van der Waals surface area contributed by atoms with Crippen molar-refractivity contribution in [3.63, 3.8) is 0 Å². The normalized spacial score (nSPS) is 16.5. The molecule has 1 aromatic carbocycles. The van der Waals surface area contributed by atoms with Gasteiger partial charge in [-0.15, -0.1) is 0 Å². The van der Waals surface area contributed by atoms with Crippen molar-refractivity contribution in [2.45, 2.75) is 64.5 Å². The number of aromatic amines is 1. The van der Waals surface area contributed by atoms with Crippen LogP contribution in [0, 0.1) is 5.92 Å². The predicted molar refractivity (Wildman–Crippen MR) is 109 cm³/mol. The number of amides is 1. The molecule has 7 heteroatoms. The van der Waals surface area contributed by atoms with Crippen LogP contribution < -0.4 is 10.1 Å². The summed E-state index contributed by atoms with van der Waals surface area (Å²) in [6.07, 6.45) is 5.36. The average Bonchev–Trinajstić information content (AvgIpc) is 3.20. The van der Waals surface area contributed by atoms with E-state index in [0.29, 0.717) is 5.92 Å². The Hall–Kier alpha value is -1.76. The van der Waals surface area contributed by atoms with Gasteiger partial charge in [0.1, 0.15) is 17.2 Å². The fraction of sp³-hybridized carbons (Fsp3) is 0.600. The van der Waals surface area contributed by atoms with E-state index in [1.54, 1.807) is 7.11 Å². The molecule has 1 aliphatic rings. The van der Waals surface area contributed by atoms with Crippen LogP contribution in [-0.4, -0.2) is 28.8 Å². The fourth-order valence-corrected chi connectivity index (χ4v) is 4.13. The summed E-state index contributed by atoms with van der Waals surface area (Å²) < 4.78 is 11.7. The highest BCUT2D eigenvalue weighted by atomic mass is 79.9. The largest absolute Gasteiger partial charge is 0.495 e. The molecule has 0 aliphatic heterocycles. The molecule has 1 amide bonds. The molecule has 148 valence electrons. The monoisotopic (exact) mass is 437 g/mol. The van der Waals surface area contributed by atoms with E-state index in [4.69, 9.17) is 14.5 Å². The van der Waals surface area contributed by atoms with Gasteiger partial charge in [-0.3, -0.25) is 0 Å². The van der Waals surface area contributed by atoms with E-state index in [-0.39, 0.29) is 6.04 Å². The molecule has 0 bridgehead atoms. The zero-order valence-corrected chi connectivity index (χ0v) is 18.0. The van der Waals surface area contributed by atoms with Crippen molar-refractivity contribution < 1.29 is 14.3 Å². The van der Waals surface area contributed by atoms with Gasteiger partial charge in [0.2, 0.25) is 0 Å². The van der Waals surface area contributed by atoms with E-state index in [9.17, 15) is 4.79 Å². The van der Waals surface area contributed by atoms with E-state index in [1.165, 1.54) is 25.7 Å². The zero-order chi connectivity index (χ0) is 19.6. The first-order valence-corrected chi connectivity index (χ1v) is 10.3. The summed E-state index contributed by atoms with van der Waals surface area (Å²) in [5.74, 6) is 2.08. The molecule has 0 radical (unpaired) electrons. The Balaban J connectivity index is 1.86. The van der Waals surface area contributed by atoms with Crippen LogP contribution in [0.2, 0.25) is 0 Å². The van der Waals surface area contributed by atoms with Gasteiger partial charge in [0.05, 0.1) is 28.7 Å². The summed E-state index contributed by atoms with van der Waals surface area (Å²) in [4.78, 5) is 20.5. The molecule has 1 fully saturated rings. The Morgan fingerprint density at radius 1 is 1.37 bits per heavy atom. The second kappa shape index (κ2) is 8.09. The van der Waals surface area contributed by atoms with Gasteiger partial charge in [-0.05, 0) is 55.1 Å². The number of hydrogen-bond acceptors (Lipinski definition) is 4. The van der Waals surface area contributed by atoms with Crippen molar-refractivity contribution in [2.24, 2.45) is 5.92 Å². The molecule has 1 aliphatic carbocycles. The molecule has 2 aromatic rings. The van der Waals surface area contributed by atoms with Crippen LogP contribution in [0.15, 0.2) is 16.6 Å². The van der Waals surface area contributed by atoms with E-state index in [2.05, 4.69) is 26.2 Å². The topological polar surface area (TPSA) is 76.2 Å². The zero-order valence-electron chi connectivity index (χ0n) is 16.4. The molecule has 27 heavy (non-hydrogen) atoms. The van der Waals surface area contributed by atoms with Gasteiger partial charge in [-0.25, -0.2) is 9.78 Å². The first kappa shape index (κ1) is 20.0. The number of aromatic nitrogens is 2. The maximum Gasteiger partial charge on any atom is 0.408 e. The molecular formula is C20H28BrN3O3. The Bertz CT molecular complexity index is 807.